The first-order chi connectivity index (χ1) is 8.85. The lowest BCUT2D eigenvalue weighted by atomic mass is 10.1. The maximum atomic E-state index is 5.54. The predicted molar refractivity (Wildman–Crippen MR) is 75.3 cm³/mol. The Labute approximate surface area is 109 Å². The van der Waals surface area contributed by atoms with E-state index in [2.05, 4.69) is 35.1 Å². The van der Waals surface area contributed by atoms with Crippen LogP contribution in [0, 0.1) is 0 Å². The lowest BCUT2D eigenvalue weighted by molar-refractivity contribution is 0.0930. The number of pyridine rings is 1. The molecule has 1 aliphatic heterocycles. The number of ether oxygens (including phenoxy) is 1. The maximum Gasteiger partial charge on any atom is 0.0670 e. The van der Waals surface area contributed by atoms with E-state index < -0.39 is 0 Å². The average Bonchev–Trinajstić information content (AvgIpc) is 2.45. The van der Waals surface area contributed by atoms with Crippen molar-refractivity contribution in [2.75, 3.05) is 36.5 Å². The van der Waals surface area contributed by atoms with Crippen molar-refractivity contribution in [3.05, 3.63) is 18.5 Å². The SMILES string of the molecule is CCCNc1cncc(N2CCOCC2CC)c1. The minimum Gasteiger partial charge on any atom is -0.384 e. The average molecular weight is 249 g/mol. The Bertz CT molecular complexity index is 370. The third kappa shape index (κ3) is 3.13. The fourth-order valence-corrected chi connectivity index (χ4v) is 2.28. The van der Waals surface area contributed by atoms with Crippen LogP contribution in [-0.4, -0.2) is 37.3 Å². The summed E-state index contributed by atoms with van der Waals surface area (Å²) in [5.74, 6) is 0. The van der Waals surface area contributed by atoms with Crippen LogP contribution in [0.15, 0.2) is 18.5 Å². The normalized spacial score (nSPS) is 19.9. The van der Waals surface area contributed by atoms with E-state index in [1.54, 1.807) is 0 Å². The van der Waals surface area contributed by atoms with E-state index in [1.165, 1.54) is 5.69 Å². The zero-order valence-corrected chi connectivity index (χ0v) is 11.4. The van der Waals surface area contributed by atoms with E-state index in [1.807, 2.05) is 12.4 Å². The van der Waals surface area contributed by atoms with E-state index in [0.29, 0.717) is 6.04 Å². The van der Waals surface area contributed by atoms with E-state index in [9.17, 15) is 0 Å². The molecule has 2 heterocycles. The molecule has 1 fully saturated rings. The molecule has 4 heteroatoms. The van der Waals surface area contributed by atoms with Crippen molar-refractivity contribution < 1.29 is 4.74 Å². The van der Waals surface area contributed by atoms with Gasteiger partial charge in [0.2, 0.25) is 0 Å². The molecule has 0 radical (unpaired) electrons. The van der Waals surface area contributed by atoms with Crippen LogP contribution in [0.4, 0.5) is 11.4 Å². The summed E-state index contributed by atoms with van der Waals surface area (Å²) in [5, 5.41) is 3.39. The molecule has 0 bridgehead atoms. The van der Waals surface area contributed by atoms with Gasteiger partial charge < -0.3 is 15.0 Å². The molecule has 0 spiro atoms. The second-order valence-corrected chi connectivity index (χ2v) is 4.69. The Hall–Kier alpha value is -1.29. The smallest absolute Gasteiger partial charge is 0.0670 e. The Morgan fingerprint density at radius 2 is 2.33 bits per heavy atom. The largest absolute Gasteiger partial charge is 0.384 e. The lowest BCUT2D eigenvalue weighted by Crippen LogP contribution is -2.45. The molecule has 0 aromatic carbocycles. The van der Waals surface area contributed by atoms with Crippen LogP contribution in [0.5, 0.6) is 0 Å². The summed E-state index contributed by atoms with van der Waals surface area (Å²) in [7, 11) is 0. The summed E-state index contributed by atoms with van der Waals surface area (Å²) in [6.45, 7) is 7.95. The molecule has 1 unspecified atom stereocenters. The fourth-order valence-electron chi connectivity index (χ4n) is 2.28. The zero-order valence-electron chi connectivity index (χ0n) is 11.4. The van der Waals surface area contributed by atoms with Crippen molar-refractivity contribution >= 4 is 11.4 Å². The molecule has 1 saturated heterocycles. The molecule has 1 N–H and O–H groups in total. The van der Waals surface area contributed by atoms with E-state index >= 15 is 0 Å². The third-order valence-corrected chi connectivity index (χ3v) is 3.33. The summed E-state index contributed by atoms with van der Waals surface area (Å²) < 4.78 is 5.54. The third-order valence-electron chi connectivity index (χ3n) is 3.33. The first-order valence-electron chi connectivity index (χ1n) is 6.88. The van der Waals surface area contributed by atoms with Crippen molar-refractivity contribution in [1.82, 2.24) is 4.98 Å². The lowest BCUT2D eigenvalue weighted by Gasteiger charge is -2.36. The molecule has 1 aliphatic rings. The number of hydrogen-bond donors (Lipinski definition) is 1. The molecule has 18 heavy (non-hydrogen) atoms. The fraction of sp³-hybridized carbons (Fsp3) is 0.643. The highest BCUT2D eigenvalue weighted by Crippen LogP contribution is 2.23. The topological polar surface area (TPSA) is 37.4 Å². The van der Waals surface area contributed by atoms with Gasteiger partial charge in [0.25, 0.3) is 0 Å². The Morgan fingerprint density at radius 1 is 1.44 bits per heavy atom. The molecular weight excluding hydrogens is 226 g/mol. The van der Waals surface area contributed by atoms with Crippen LogP contribution in [0.2, 0.25) is 0 Å². The highest BCUT2D eigenvalue weighted by atomic mass is 16.5. The minimum atomic E-state index is 0.474. The highest BCUT2D eigenvalue weighted by molar-refractivity contribution is 5.56. The second kappa shape index (κ2) is 6.59. The van der Waals surface area contributed by atoms with Crippen LogP contribution in [0.1, 0.15) is 26.7 Å². The van der Waals surface area contributed by atoms with E-state index in [-0.39, 0.29) is 0 Å². The number of rotatable bonds is 5. The van der Waals surface area contributed by atoms with Crippen molar-refractivity contribution in [2.24, 2.45) is 0 Å². The number of nitrogens with zero attached hydrogens (tertiary/aromatic N) is 2. The minimum absolute atomic E-state index is 0.474. The van der Waals surface area contributed by atoms with Crippen LogP contribution < -0.4 is 10.2 Å². The summed E-state index contributed by atoms with van der Waals surface area (Å²) in [6, 6.07) is 2.67. The Kier molecular flexibility index (Phi) is 4.81. The molecule has 1 atom stereocenters. The Morgan fingerprint density at radius 3 is 3.11 bits per heavy atom. The first-order valence-corrected chi connectivity index (χ1v) is 6.88. The number of anilines is 2. The molecule has 0 amide bonds. The maximum absolute atomic E-state index is 5.54. The molecular formula is C14H23N3O. The van der Waals surface area contributed by atoms with Crippen molar-refractivity contribution in [2.45, 2.75) is 32.7 Å². The van der Waals surface area contributed by atoms with Gasteiger partial charge >= 0.3 is 0 Å². The van der Waals surface area contributed by atoms with Gasteiger partial charge in [0, 0.05) is 13.1 Å². The Balaban J connectivity index is 2.10. The standard InChI is InChI=1S/C14H23N3O/c1-3-5-16-12-8-14(10-15-9-12)17-6-7-18-11-13(17)4-2/h8-10,13,16H,3-7,11H2,1-2H3. The number of morpholine rings is 1. The van der Waals surface area contributed by atoms with Crippen molar-refractivity contribution in [3.63, 3.8) is 0 Å². The van der Waals surface area contributed by atoms with Gasteiger partial charge in [-0.25, -0.2) is 0 Å². The molecule has 1 aromatic rings. The summed E-state index contributed by atoms with van der Waals surface area (Å²) in [6.07, 6.45) is 6.07. The molecule has 4 nitrogen and oxygen atoms in total. The number of aromatic nitrogens is 1. The summed E-state index contributed by atoms with van der Waals surface area (Å²) >= 11 is 0. The van der Waals surface area contributed by atoms with Crippen molar-refractivity contribution in [3.8, 4) is 0 Å². The van der Waals surface area contributed by atoms with Gasteiger partial charge in [-0.3, -0.25) is 4.98 Å². The van der Waals surface area contributed by atoms with E-state index in [0.717, 1.165) is 44.8 Å². The van der Waals surface area contributed by atoms with Gasteiger partial charge in [0.15, 0.2) is 0 Å². The number of hydrogen-bond acceptors (Lipinski definition) is 4. The van der Waals surface area contributed by atoms with Gasteiger partial charge in [-0.05, 0) is 18.9 Å². The predicted octanol–water partition coefficient (Wildman–Crippen LogP) is 2.52. The van der Waals surface area contributed by atoms with Crippen LogP contribution >= 0.6 is 0 Å². The summed E-state index contributed by atoms with van der Waals surface area (Å²) in [5.41, 5.74) is 2.31. The zero-order chi connectivity index (χ0) is 12.8. The van der Waals surface area contributed by atoms with Crippen molar-refractivity contribution in [1.29, 1.82) is 0 Å². The first kappa shape index (κ1) is 13.1. The quantitative estimate of drug-likeness (QED) is 0.870. The van der Waals surface area contributed by atoms with Gasteiger partial charge in [-0.15, -0.1) is 0 Å². The van der Waals surface area contributed by atoms with Crippen LogP contribution in [-0.2, 0) is 4.74 Å². The number of nitrogens with one attached hydrogen (secondary N) is 1. The molecule has 100 valence electrons. The van der Waals surface area contributed by atoms with Gasteiger partial charge in [0.1, 0.15) is 0 Å². The van der Waals surface area contributed by atoms with Crippen LogP contribution in [0.25, 0.3) is 0 Å². The molecule has 0 aliphatic carbocycles. The summed E-state index contributed by atoms with van der Waals surface area (Å²) in [4.78, 5) is 6.75. The second-order valence-electron chi connectivity index (χ2n) is 4.69. The molecule has 0 saturated carbocycles. The van der Waals surface area contributed by atoms with Crippen LogP contribution in [0.3, 0.4) is 0 Å². The molecule has 2 rings (SSSR count). The van der Waals surface area contributed by atoms with E-state index in [4.69, 9.17) is 4.74 Å². The van der Waals surface area contributed by atoms with Gasteiger partial charge in [-0.1, -0.05) is 13.8 Å². The monoisotopic (exact) mass is 249 g/mol. The van der Waals surface area contributed by atoms with Gasteiger partial charge in [0.05, 0.1) is 43.0 Å². The van der Waals surface area contributed by atoms with Gasteiger partial charge in [-0.2, -0.15) is 0 Å². The molecule has 1 aromatic heterocycles. The highest BCUT2D eigenvalue weighted by Gasteiger charge is 2.21.